The maximum Gasteiger partial charge on any atom is 0.369 e. The van der Waals surface area contributed by atoms with Crippen molar-refractivity contribution in [2.75, 3.05) is 14.2 Å². The van der Waals surface area contributed by atoms with Crippen molar-refractivity contribution in [3.05, 3.63) is 29.3 Å². The van der Waals surface area contributed by atoms with Crippen molar-refractivity contribution in [2.24, 2.45) is 0 Å². The van der Waals surface area contributed by atoms with Gasteiger partial charge in [-0.25, -0.2) is 0 Å². The Morgan fingerprint density at radius 3 is 2.14 bits per heavy atom. The Morgan fingerprint density at radius 2 is 1.64 bits per heavy atom. The van der Waals surface area contributed by atoms with Gasteiger partial charge >= 0.3 is 8.56 Å². The van der Waals surface area contributed by atoms with E-state index in [1.165, 1.54) is 16.3 Å². The van der Waals surface area contributed by atoms with Crippen LogP contribution in [0.2, 0.25) is 6.55 Å². The van der Waals surface area contributed by atoms with Crippen LogP contribution in [0.3, 0.4) is 0 Å². The van der Waals surface area contributed by atoms with Crippen molar-refractivity contribution in [1.29, 1.82) is 0 Å². The van der Waals surface area contributed by atoms with E-state index in [0.29, 0.717) is 0 Å². The van der Waals surface area contributed by atoms with Gasteiger partial charge in [0.25, 0.3) is 0 Å². The average Bonchev–Trinajstić information content (AvgIpc) is 2.21. The topological polar surface area (TPSA) is 18.5 Å². The minimum absolute atomic E-state index is 1.22. The number of benzene rings is 1. The van der Waals surface area contributed by atoms with Crippen molar-refractivity contribution in [3.8, 4) is 0 Å². The van der Waals surface area contributed by atoms with E-state index < -0.39 is 8.56 Å². The zero-order valence-corrected chi connectivity index (χ0v) is 10.5. The van der Waals surface area contributed by atoms with Gasteiger partial charge in [-0.15, -0.1) is 0 Å². The van der Waals surface area contributed by atoms with Crippen LogP contribution < -0.4 is 5.19 Å². The van der Waals surface area contributed by atoms with Crippen molar-refractivity contribution in [2.45, 2.75) is 20.4 Å². The first kappa shape index (κ1) is 11.4. The maximum absolute atomic E-state index is 5.53. The summed E-state index contributed by atoms with van der Waals surface area (Å²) in [5.41, 5.74) is 2.57. The van der Waals surface area contributed by atoms with Gasteiger partial charge in [0, 0.05) is 14.2 Å². The monoisotopic (exact) mass is 210 g/mol. The molecule has 0 heterocycles. The molecule has 1 aromatic carbocycles. The van der Waals surface area contributed by atoms with E-state index in [1.807, 2.05) is 0 Å². The summed E-state index contributed by atoms with van der Waals surface area (Å²) in [6.45, 7) is 6.29. The van der Waals surface area contributed by atoms with Gasteiger partial charge in [0.2, 0.25) is 0 Å². The lowest BCUT2D eigenvalue weighted by atomic mass is 10.1. The summed E-state index contributed by atoms with van der Waals surface area (Å²) in [5, 5.41) is 1.22. The lowest BCUT2D eigenvalue weighted by Gasteiger charge is -2.25. The zero-order chi connectivity index (χ0) is 10.8. The maximum atomic E-state index is 5.53. The lowest BCUT2D eigenvalue weighted by Crippen LogP contribution is -2.50. The van der Waals surface area contributed by atoms with Crippen LogP contribution in [0, 0.1) is 13.8 Å². The minimum atomic E-state index is -2.15. The fourth-order valence-corrected chi connectivity index (χ4v) is 3.43. The lowest BCUT2D eigenvalue weighted by molar-refractivity contribution is 0.265. The third-order valence-electron chi connectivity index (χ3n) is 2.87. The first-order valence-corrected chi connectivity index (χ1v) is 7.04. The van der Waals surface area contributed by atoms with Crippen LogP contribution in [-0.4, -0.2) is 22.8 Å². The molecule has 78 valence electrons. The molecule has 0 N–H and O–H groups in total. The van der Waals surface area contributed by atoms with Gasteiger partial charge in [-0.1, -0.05) is 18.2 Å². The van der Waals surface area contributed by atoms with Gasteiger partial charge in [0.05, 0.1) is 0 Å². The molecule has 1 rings (SSSR count). The first-order chi connectivity index (χ1) is 6.55. The molecule has 0 aromatic heterocycles. The largest absolute Gasteiger partial charge is 0.394 e. The van der Waals surface area contributed by atoms with Crippen molar-refractivity contribution in [1.82, 2.24) is 0 Å². The van der Waals surface area contributed by atoms with Crippen LogP contribution in [-0.2, 0) is 8.85 Å². The molecule has 0 spiro atoms. The van der Waals surface area contributed by atoms with E-state index in [0.717, 1.165) is 0 Å². The van der Waals surface area contributed by atoms with E-state index in [1.54, 1.807) is 14.2 Å². The molecule has 0 atom stereocenters. The van der Waals surface area contributed by atoms with Crippen LogP contribution >= 0.6 is 0 Å². The molecule has 2 nitrogen and oxygen atoms in total. The molecule has 3 heteroatoms. The van der Waals surface area contributed by atoms with Crippen molar-refractivity contribution < 1.29 is 8.85 Å². The Labute approximate surface area is 87.1 Å². The van der Waals surface area contributed by atoms with Gasteiger partial charge in [0.1, 0.15) is 0 Å². The van der Waals surface area contributed by atoms with Gasteiger partial charge in [0.15, 0.2) is 0 Å². The third kappa shape index (κ3) is 1.89. The summed E-state index contributed by atoms with van der Waals surface area (Å²) in [4.78, 5) is 0. The molecule has 0 aliphatic heterocycles. The van der Waals surface area contributed by atoms with E-state index in [4.69, 9.17) is 8.85 Å². The second-order valence-corrected chi connectivity index (χ2v) is 6.85. The summed E-state index contributed by atoms with van der Waals surface area (Å²) in [6, 6.07) is 6.27. The van der Waals surface area contributed by atoms with Crippen LogP contribution in [0.5, 0.6) is 0 Å². The minimum Gasteiger partial charge on any atom is -0.394 e. The molecular formula is C11H18O2Si. The zero-order valence-electron chi connectivity index (χ0n) is 9.55. The second kappa shape index (κ2) is 4.25. The molecule has 0 amide bonds. The summed E-state index contributed by atoms with van der Waals surface area (Å²) in [7, 11) is 1.29. The van der Waals surface area contributed by atoms with Crippen LogP contribution in [0.25, 0.3) is 0 Å². The van der Waals surface area contributed by atoms with E-state index in [9.17, 15) is 0 Å². The predicted octanol–water partition coefficient (Wildman–Crippen LogP) is 1.88. The van der Waals surface area contributed by atoms with Crippen molar-refractivity contribution in [3.63, 3.8) is 0 Å². The summed E-state index contributed by atoms with van der Waals surface area (Å²) >= 11 is 0. The second-order valence-electron chi connectivity index (χ2n) is 3.60. The molecule has 1 aromatic rings. The Kier molecular flexibility index (Phi) is 3.47. The van der Waals surface area contributed by atoms with Gasteiger partial charge in [-0.05, 0) is 36.7 Å². The molecule has 0 saturated heterocycles. The average molecular weight is 210 g/mol. The highest BCUT2D eigenvalue weighted by atomic mass is 28.4. The summed E-state index contributed by atoms with van der Waals surface area (Å²) in [6.07, 6.45) is 0. The number of aryl methyl sites for hydroxylation is 1. The summed E-state index contributed by atoms with van der Waals surface area (Å²) < 4.78 is 11.1. The SMILES string of the molecule is CO[Si](C)(OC)c1cccc(C)c1C. The molecule has 0 aliphatic carbocycles. The third-order valence-corrected chi connectivity index (χ3v) is 5.95. The highest BCUT2D eigenvalue weighted by Gasteiger charge is 2.33. The fraction of sp³-hybridized carbons (Fsp3) is 0.455. The first-order valence-electron chi connectivity index (χ1n) is 4.72. The molecular weight excluding hydrogens is 192 g/mol. The normalized spacial score (nSPS) is 11.8. The highest BCUT2D eigenvalue weighted by molar-refractivity contribution is 6.80. The fourth-order valence-electron chi connectivity index (χ4n) is 1.55. The molecule has 0 radical (unpaired) electrons. The van der Waals surface area contributed by atoms with E-state index >= 15 is 0 Å². The van der Waals surface area contributed by atoms with E-state index in [2.05, 4.69) is 38.6 Å². The number of hydrogen-bond donors (Lipinski definition) is 0. The van der Waals surface area contributed by atoms with Crippen LogP contribution in [0.15, 0.2) is 18.2 Å². The Balaban J connectivity index is 3.24. The smallest absolute Gasteiger partial charge is 0.369 e. The van der Waals surface area contributed by atoms with Gasteiger partial charge in [-0.2, -0.15) is 0 Å². The number of hydrogen-bond acceptors (Lipinski definition) is 2. The van der Waals surface area contributed by atoms with Crippen LogP contribution in [0.1, 0.15) is 11.1 Å². The molecule has 14 heavy (non-hydrogen) atoms. The summed E-state index contributed by atoms with van der Waals surface area (Å²) in [5.74, 6) is 0. The Bertz CT molecular complexity index is 319. The molecule has 0 bridgehead atoms. The standard InChI is InChI=1S/C11H18O2Si/c1-9-7-6-8-11(10(9)2)14(5,12-3)13-4/h6-8H,1-5H3. The van der Waals surface area contributed by atoms with Gasteiger partial charge < -0.3 is 8.85 Å². The predicted molar refractivity (Wildman–Crippen MR) is 61.2 cm³/mol. The molecule has 0 unspecified atom stereocenters. The van der Waals surface area contributed by atoms with Crippen LogP contribution in [0.4, 0.5) is 0 Å². The van der Waals surface area contributed by atoms with Crippen molar-refractivity contribution >= 4 is 13.7 Å². The number of rotatable bonds is 3. The molecule has 0 aliphatic rings. The molecule has 0 fully saturated rings. The highest BCUT2D eigenvalue weighted by Crippen LogP contribution is 2.11. The van der Waals surface area contributed by atoms with E-state index in [-0.39, 0.29) is 0 Å². The van der Waals surface area contributed by atoms with Gasteiger partial charge in [-0.3, -0.25) is 0 Å². The Morgan fingerprint density at radius 1 is 1.07 bits per heavy atom. The quantitative estimate of drug-likeness (QED) is 0.709. The Hall–Kier alpha value is -0.643. The molecule has 0 saturated carbocycles.